The fourth-order valence-electron chi connectivity index (χ4n) is 3.11. The highest BCUT2D eigenvalue weighted by Gasteiger charge is 2.17. The topological polar surface area (TPSA) is 31.6 Å². The lowest BCUT2D eigenvalue weighted by Gasteiger charge is -2.32. The van der Waals surface area contributed by atoms with Crippen molar-refractivity contribution in [2.45, 2.75) is 26.4 Å². The number of rotatable bonds is 3. The Hall–Kier alpha value is -1.52. The van der Waals surface area contributed by atoms with E-state index in [0.717, 1.165) is 38.2 Å². The number of hydrogen-bond donors (Lipinski definition) is 1. The molecule has 1 N–H and O–H groups in total. The van der Waals surface area contributed by atoms with Crippen LogP contribution >= 0.6 is 0 Å². The van der Waals surface area contributed by atoms with Gasteiger partial charge in [-0.1, -0.05) is 0 Å². The van der Waals surface area contributed by atoms with E-state index in [0.29, 0.717) is 11.8 Å². The zero-order valence-electron chi connectivity index (χ0n) is 13.2. The van der Waals surface area contributed by atoms with E-state index in [9.17, 15) is 5.11 Å². The van der Waals surface area contributed by atoms with Crippen LogP contribution in [0.4, 0.5) is 0 Å². The normalized spacial score (nSPS) is 17.9. The molecular formula is C17H25N3O. The molecule has 4 heteroatoms. The first-order valence-electron chi connectivity index (χ1n) is 7.78. The van der Waals surface area contributed by atoms with Crippen LogP contribution in [0.2, 0.25) is 0 Å². The third-order valence-corrected chi connectivity index (χ3v) is 4.45. The zero-order valence-corrected chi connectivity index (χ0v) is 13.2. The van der Waals surface area contributed by atoms with E-state index in [1.165, 1.54) is 10.9 Å². The Morgan fingerprint density at radius 2 is 1.86 bits per heavy atom. The molecule has 0 radical (unpaired) electrons. The monoisotopic (exact) mass is 287 g/mol. The molecule has 1 aliphatic heterocycles. The van der Waals surface area contributed by atoms with Crippen molar-refractivity contribution < 1.29 is 5.11 Å². The summed E-state index contributed by atoms with van der Waals surface area (Å²) in [5.74, 6) is 0.341. The second kappa shape index (κ2) is 5.70. The van der Waals surface area contributed by atoms with Gasteiger partial charge in [0.15, 0.2) is 0 Å². The summed E-state index contributed by atoms with van der Waals surface area (Å²) in [6, 6.07) is 6.12. The number of phenolic OH excluding ortho intramolecular Hbond substituents is 1. The minimum absolute atomic E-state index is 0.341. The number of piperazine rings is 1. The maximum absolute atomic E-state index is 9.77. The number of likely N-dealkylation sites (N-methyl/N-ethyl adjacent to an activating group) is 1. The number of nitrogens with zero attached hydrogens (tertiary/aromatic N) is 3. The maximum atomic E-state index is 9.77. The molecule has 2 aromatic rings. The van der Waals surface area contributed by atoms with Crippen LogP contribution in [-0.2, 0) is 6.54 Å². The predicted molar refractivity (Wildman–Crippen MR) is 86.8 cm³/mol. The molecule has 0 atom stereocenters. The molecule has 114 valence electrons. The highest BCUT2D eigenvalue weighted by atomic mass is 16.3. The lowest BCUT2D eigenvalue weighted by atomic mass is 10.1. The van der Waals surface area contributed by atoms with Crippen molar-refractivity contribution in [1.82, 2.24) is 14.4 Å². The van der Waals surface area contributed by atoms with E-state index >= 15 is 0 Å². The van der Waals surface area contributed by atoms with Crippen LogP contribution in [0.25, 0.3) is 10.9 Å². The summed E-state index contributed by atoms with van der Waals surface area (Å²) >= 11 is 0. The molecule has 2 heterocycles. The van der Waals surface area contributed by atoms with E-state index in [-0.39, 0.29) is 0 Å². The molecule has 1 aromatic carbocycles. The van der Waals surface area contributed by atoms with Gasteiger partial charge in [-0.3, -0.25) is 4.90 Å². The molecule has 0 spiro atoms. The van der Waals surface area contributed by atoms with Crippen molar-refractivity contribution in [3.63, 3.8) is 0 Å². The predicted octanol–water partition coefficient (Wildman–Crippen LogP) is 2.68. The van der Waals surface area contributed by atoms with Gasteiger partial charge in [-0.25, -0.2) is 0 Å². The third-order valence-electron chi connectivity index (χ3n) is 4.45. The molecule has 0 unspecified atom stereocenters. The van der Waals surface area contributed by atoms with Crippen molar-refractivity contribution in [1.29, 1.82) is 0 Å². The Bertz CT molecular complexity index is 624. The van der Waals surface area contributed by atoms with Crippen LogP contribution in [-0.4, -0.2) is 52.7 Å². The molecule has 3 rings (SSSR count). The summed E-state index contributed by atoms with van der Waals surface area (Å²) in [5.41, 5.74) is 2.50. The Kier molecular flexibility index (Phi) is 3.91. The maximum Gasteiger partial charge on any atom is 0.117 e. The smallest absolute Gasteiger partial charge is 0.117 e. The van der Waals surface area contributed by atoms with Gasteiger partial charge < -0.3 is 14.6 Å². The molecule has 0 saturated carbocycles. The van der Waals surface area contributed by atoms with Crippen molar-refractivity contribution in [2.24, 2.45) is 0 Å². The van der Waals surface area contributed by atoms with Gasteiger partial charge in [0.2, 0.25) is 0 Å². The third kappa shape index (κ3) is 2.92. The average molecular weight is 287 g/mol. The van der Waals surface area contributed by atoms with Crippen LogP contribution in [0.15, 0.2) is 24.4 Å². The van der Waals surface area contributed by atoms with Crippen LogP contribution in [0, 0.1) is 0 Å². The quantitative estimate of drug-likeness (QED) is 0.942. The van der Waals surface area contributed by atoms with Crippen LogP contribution in [0.1, 0.15) is 25.5 Å². The van der Waals surface area contributed by atoms with E-state index in [1.807, 2.05) is 6.07 Å². The molecule has 21 heavy (non-hydrogen) atoms. The number of benzene rings is 1. The Morgan fingerprint density at radius 1 is 1.14 bits per heavy atom. The number of phenols is 1. The SMILES string of the molecule is CC(C)n1cc(CN2CCN(C)CC2)c2ccc(O)cc21. The minimum Gasteiger partial charge on any atom is -0.508 e. The molecule has 1 fully saturated rings. The Morgan fingerprint density at radius 3 is 2.52 bits per heavy atom. The second-order valence-electron chi connectivity index (χ2n) is 6.44. The zero-order chi connectivity index (χ0) is 15.0. The fourth-order valence-corrected chi connectivity index (χ4v) is 3.11. The summed E-state index contributed by atoms with van der Waals surface area (Å²) < 4.78 is 2.26. The lowest BCUT2D eigenvalue weighted by Crippen LogP contribution is -2.43. The summed E-state index contributed by atoms with van der Waals surface area (Å²) in [6.07, 6.45) is 2.26. The number of aromatic hydroxyl groups is 1. The fraction of sp³-hybridized carbons (Fsp3) is 0.529. The molecule has 0 bridgehead atoms. The number of aromatic nitrogens is 1. The minimum atomic E-state index is 0.341. The first-order valence-corrected chi connectivity index (χ1v) is 7.78. The lowest BCUT2D eigenvalue weighted by molar-refractivity contribution is 0.148. The van der Waals surface area contributed by atoms with Gasteiger partial charge in [0.05, 0.1) is 5.52 Å². The van der Waals surface area contributed by atoms with Crippen molar-refractivity contribution in [3.8, 4) is 5.75 Å². The number of hydrogen-bond acceptors (Lipinski definition) is 3. The van der Waals surface area contributed by atoms with Crippen LogP contribution in [0.5, 0.6) is 5.75 Å². The molecule has 1 aromatic heterocycles. The highest BCUT2D eigenvalue weighted by molar-refractivity contribution is 5.85. The summed E-state index contributed by atoms with van der Waals surface area (Å²) in [7, 11) is 2.19. The van der Waals surface area contributed by atoms with Gasteiger partial charge in [-0.05, 0) is 38.6 Å². The van der Waals surface area contributed by atoms with Crippen LogP contribution in [0.3, 0.4) is 0 Å². The molecule has 4 nitrogen and oxygen atoms in total. The van der Waals surface area contributed by atoms with E-state index < -0.39 is 0 Å². The molecule has 1 aliphatic rings. The summed E-state index contributed by atoms with van der Waals surface area (Å²) in [6.45, 7) is 9.90. The molecule has 0 aliphatic carbocycles. The summed E-state index contributed by atoms with van der Waals surface area (Å²) in [4.78, 5) is 4.90. The first kappa shape index (κ1) is 14.4. The van der Waals surface area contributed by atoms with Gasteiger partial charge in [0.25, 0.3) is 0 Å². The van der Waals surface area contributed by atoms with Gasteiger partial charge in [0.1, 0.15) is 5.75 Å². The van der Waals surface area contributed by atoms with Gasteiger partial charge in [-0.15, -0.1) is 0 Å². The van der Waals surface area contributed by atoms with E-state index in [1.54, 1.807) is 6.07 Å². The second-order valence-corrected chi connectivity index (χ2v) is 6.44. The van der Waals surface area contributed by atoms with Crippen molar-refractivity contribution in [3.05, 3.63) is 30.0 Å². The van der Waals surface area contributed by atoms with Crippen molar-refractivity contribution >= 4 is 10.9 Å². The average Bonchev–Trinajstić information content (AvgIpc) is 2.79. The van der Waals surface area contributed by atoms with Crippen LogP contribution < -0.4 is 0 Å². The molecular weight excluding hydrogens is 262 g/mol. The van der Waals surface area contributed by atoms with Crippen molar-refractivity contribution in [2.75, 3.05) is 33.2 Å². The van der Waals surface area contributed by atoms with E-state index in [2.05, 4.69) is 47.5 Å². The summed E-state index contributed by atoms with van der Waals surface area (Å²) in [5, 5.41) is 11.0. The Labute approximate surface area is 126 Å². The van der Waals surface area contributed by atoms with Gasteiger partial charge in [-0.2, -0.15) is 0 Å². The van der Waals surface area contributed by atoms with Gasteiger partial charge in [0, 0.05) is 56.4 Å². The highest BCUT2D eigenvalue weighted by Crippen LogP contribution is 2.28. The number of fused-ring (bicyclic) bond motifs is 1. The van der Waals surface area contributed by atoms with Gasteiger partial charge >= 0.3 is 0 Å². The van der Waals surface area contributed by atoms with E-state index in [4.69, 9.17) is 0 Å². The Balaban J connectivity index is 1.91. The largest absolute Gasteiger partial charge is 0.508 e. The molecule has 1 saturated heterocycles. The first-order chi connectivity index (χ1) is 10.0. The standard InChI is InChI=1S/C17H25N3O/c1-13(2)20-12-14(11-19-8-6-18(3)7-9-19)16-5-4-15(21)10-17(16)20/h4-5,10,12-13,21H,6-9,11H2,1-3H3. The molecule has 0 amide bonds.